The zero-order valence-electron chi connectivity index (χ0n) is 7.24. The first-order valence-electron chi connectivity index (χ1n) is 3.72. The predicted molar refractivity (Wildman–Crippen MR) is 58.0 cm³/mol. The Morgan fingerprint density at radius 1 is 1.33 bits per heavy atom. The highest BCUT2D eigenvalue weighted by Crippen LogP contribution is 2.22. The number of thiocarbonyl (C=S) groups is 1. The van der Waals surface area contributed by atoms with Crippen LogP contribution in [0.15, 0.2) is 24.3 Å². The van der Waals surface area contributed by atoms with Gasteiger partial charge in [0, 0.05) is 14.1 Å². The Hall–Kier alpha value is -1.09. The molecule has 0 aliphatic carbocycles. The average Bonchev–Trinajstić information content (AvgIpc) is 2.05. The van der Waals surface area contributed by atoms with Crippen LogP contribution in [0.25, 0.3) is 0 Å². The van der Waals surface area contributed by atoms with E-state index in [1.807, 2.05) is 43.3 Å². The number of hydrogen-bond donors (Lipinski definition) is 1. The van der Waals surface area contributed by atoms with Gasteiger partial charge in [-0.15, -0.1) is 0 Å². The molecule has 0 heterocycles. The second kappa shape index (κ2) is 4.07. The van der Waals surface area contributed by atoms with Gasteiger partial charge < -0.3 is 10.2 Å². The molecule has 3 heteroatoms. The highest BCUT2D eigenvalue weighted by molar-refractivity contribution is 7.79. The van der Waals surface area contributed by atoms with Crippen molar-refractivity contribution >= 4 is 29.1 Å². The fourth-order valence-electron chi connectivity index (χ4n) is 1.05. The van der Waals surface area contributed by atoms with Gasteiger partial charge in [0.25, 0.3) is 0 Å². The Balaban J connectivity index is 2.99. The molecule has 2 nitrogen and oxygen atoms in total. The molecular formula is C9H12N2S. The Bertz CT molecular complexity index is 271. The quantitative estimate of drug-likeness (QED) is 0.717. The van der Waals surface area contributed by atoms with E-state index in [4.69, 9.17) is 12.2 Å². The lowest BCUT2D eigenvalue weighted by molar-refractivity contribution is 1.13. The normalized spacial score (nSPS) is 9.17. The Morgan fingerprint density at radius 3 is 2.58 bits per heavy atom. The minimum atomic E-state index is 1.04. The van der Waals surface area contributed by atoms with Crippen LogP contribution in [0.4, 0.5) is 11.4 Å². The van der Waals surface area contributed by atoms with Gasteiger partial charge in [0.05, 0.1) is 16.9 Å². The third kappa shape index (κ3) is 1.95. The first kappa shape index (κ1) is 9.00. The van der Waals surface area contributed by atoms with Gasteiger partial charge in [-0.2, -0.15) is 0 Å². The third-order valence-corrected chi connectivity index (χ3v) is 1.72. The summed E-state index contributed by atoms with van der Waals surface area (Å²) in [6, 6.07) is 8.03. The summed E-state index contributed by atoms with van der Waals surface area (Å²) in [5.74, 6) is 0. The first-order chi connectivity index (χ1) is 5.75. The molecule has 0 unspecified atom stereocenters. The number of nitrogens with zero attached hydrogens (tertiary/aromatic N) is 1. The summed E-state index contributed by atoms with van der Waals surface area (Å²) >= 11 is 4.73. The van der Waals surface area contributed by atoms with Crippen LogP contribution >= 0.6 is 12.2 Å². The molecule has 0 aliphatic rings. The van der Waals surface area contributed by atoms with E-state index < -0.39 is 0 Å². The van der Waals surface area contributed by atoms with Gasteiger partial charge in [0.2, 0.25) is 0 Å². The molecular weight excluding hydrogens is 168 g/mol. The van der Waals surface area contributed by atoms with Crippen LogP contribution in [0.5, 0.6) is 0 Å². The number of benzene rings is 1. The van der Waals surface area contributed by atoms with Crippen molar-refractivity contribution in [2.45, 2.75) is 0 Å². The van der Waals surface area contributed by atoms with E-state index in [0.717, 1.165) is 11.4 Å². The van der Waals surface area contributed by atoms with Crippen molar-refractivity contribution in [1.82, 2.24) is 0 Å². The van der Waals surface area contributed by atoms with Crippen molar-refractivity contribution in [3.63, 3.8) is 0 Å². The van der Waals surface area contributed by atoms with Crippen LogP contribution in [-0.4, -0.2) is 19.6 Å². The molecule has 12 heavy (non-hydrogen) atoms. The minimum Gasteiger partial charge on any atom is -0.376 e. The first-order valence-corrected chi connectivity index (χ1v) is 4.19. The average molecular weight is 180 g/mol. The summed E-state index contributed by atoms with van der Waals surface area (Å²) in [6.07, 6.45) is 0. The zero-order valence-corrected chi connectivity index (χ0v) is 8.06. The lowest BCUT2D eigenvalue weighted by Gasteiger charge is -2.16. The molecule has 0 fully saturated rings. The van der Waals surface area contributed by atoms with Crippen LogP contribution in [0.2, 0.25) is 0 Å². The van der Waals surface area contributed by atoms with E-state index in [9.17, 15) is 0 Å². The van der Waals surface area contributed by atoms with Crippen molar-refractivity contribution < 1.29 is 0 Å². The fraction of sp³-hybridized carbons (Fsp3) is 0.222. The van der Waals surface area contributed by atoms with Gasteiger partial charge >= 0.3 is 0 Å². The molecule has 0 amide bonds. The second-order valence-electron chi connectivity index (χ2n) is 2.67. The molecule has 0 aromatic heterocycles. The Kier molecular flexibility index (Phi) is 3.05. The zero-order chi connectivity index (χ0) is 8.97. The largest absolute Gasteiger partial charge is 0.376 e. The molecule has 0 saturated heterocycles. The summed E-state index contributed by atoms with van der Waals surface area (Å²) < 4.78 is 0. The summed E-state index contributed by atoms with van der Waals surface area (Å²) in [6.45, 7) is 0. The second-order valence-corrected chi connectivity index (χ2v) is 2.91. The topological polar surface area (TPSA) is 15.3 Å². The van der Waals surface area contributed by atoms with E-state index in [2.05, 4.69) is 5.32 Å². The fourth-order valence-corrected chi connectivity index (χ4v) is 1.18. The van der Waals surface area contributed by atoms with Crippen molar-refractivity contribution in [1.29, 1.82) is 0 Å². The van der Waals surface area contributed by atoms with Gasteiger partial charge in [-0.05, 0) is 12.1 Å². The monoisotopic (exact) mass is 180 g/mol. The van der Waals surface area contributed by atoms with Gasteiger partial charge in [0.15, 0.2) is 0 Å². The standard InChI is InChI=1S/C9H12N2S/c1-11(2)9-6-4-3-5-8(9)10-7-12/h3-7H,1-2H3,(H,10,12). The number of nitrogens with one attached hydrogen (secondary N) is 1. The van der Waals surface area contributed by atoms with Crippen LogP contribution in [0.1, 0.15) is 0 Å². The minimum absolute atomic E-state index is 1.04. The lowest BCUT2D eigenvalue weighted by Crippen LogP contribution is -2.11. The van der Waals surface area contributed by atoms with Gasteiger partial charge in [0.1, 0.15) is 0 Å². The van der Waals surface area contributed by atoms with Crippen LogP contribution < -0.4 is 10.2 Å². The Morgan fingerprint density at radius 2 is 2.00 bits per heavy atom. The van der Waals surface area contributed by atoms with Crippen LogP contribution in [0, 0.1) is 0 Å². The maximum Gasteiger partial charge on any atom is 0.0659 e. The van der Waals surface area contributed by atoms with E-state index in [-0.39, 0.29) is 0 Å². The lowest BCUT2D eigenvalue weighted by atomic mass is 10.2. The number of anilines is 2. The SMILES string of the molecule is CN(C)c1ccccc1NC=S. The number of para-hydroxylation sites is 2. The molecule has 0 bridgehead atoms. The molecule has 0 radical (unpaired) electrons. The maximum atomic E-state index is 4.73. The van der Waals surface area contributed by atoms with Gasteiger partial charge in [-0.25, -0.2) is 0 Å². The highest BCUT2D eigenvalue weighted by Gasteiger charge is 1.99. The van der Waals surface area contributed by atoms with Crippen LogP contribution in [-0.2, 0) is 0 Å². The van der Waals surface area contributed by atoms with Crippen molar-refractivity contribution in [3.8, 4) is 0 Å². The van der Waals surface area contributed by atoms with Crippen molar-refractivity contribution in [2.24, 2.45) is 0 Å². The van der Waals surface area contributed by atoms with E-state index in [1.165, 1.54) is 5.49 Å². The molecule has 1 rings (SSSR count). The van der Waals surface area contributed by atoms with Crippen LogP contribution in [0.3, 0.4) is 0 Å². The molecule has 0 spiro atoms. The van der Waals surface area contributed by atoms with Gasteiger partial charge in [-0.1, -0.05) is 24.4 Å². The molecule has 1 aromatic carbocycles. The van der Waals surface area contributed by atoms with E-state index in [1.54, 1.807) is 0 Å². The summed E-state index contributed by atoms with van der Waals surface area (Å²) in [4.78, 5) is 2.04. The molecule has 0 aliphatic heterocycles. The molecule has 64 valence electrons. The number of hydrogen-bond acceptors (Lipinski definition) is 2. The van der Waals surface area contributed by atoms with E-state index in [0.29, 0.717) is 0 Å². The predicted octanol–water partition coefficient (Wildman–Crippen LogP) is 2.12. The van der Waals surface area contributed by atoms with E-state index >= 15 is 0 Å². The Labute approximate surface area is 78.2 Å². The highest BCUT2D eigenvalue weighted by atomic mass is 32.1. The molecule has 0 saturated carbocycles. The molecule has 0 atom stereocenters. The summed E-state index contributed by atoms with van der Waals surface area (Å²) in [5.41, 5.74) is 3.69. The summed E-state index contributed by atoms with van der Waals surface area (Å²) in [5, 5.41) is 3.01. The number of rotatable bonds is 3. The third-order valence-electron chi connectivity index (χ3n) is 1.60. The summed E-state index contributed by atoms with van der Waals surface area (Å²) in [7, 11) is 4.01. The van der Waals surface area contributed by atoms with Gasteiger partial charge in [-0.3, -0.25) is 0 Å². The maximum absolute atomic E-state index is 4.73. The smallest absolute Gasteiger partial charge is 0.0659 e. The van der Waals surface area contributed by atoms with Crippen molar-refractivity contribution in [3.05, 3.63) is 24.3 Å². The molecule has 1 N–H and O–H groups in total. The molecule has 1 aromatic rings. The van der Waals surface area contributed by atoms with Crippen molar-refractivity contribution in [2.75, 3.05) is 24.3 Å².